The highest BCUT2D eigenvalue weighted by atomic mass is 32.2. The van der Waals surface area contributed by atoms with Crippen molar-refractivity contribution in [2.75, 3.05) is 36.6 Å². The van der Waals surface area contributed by atoms with Gasteiger partial charge in [0.15, 0.2) is 5.16 Å². The molecule has 1 aromatic rings. The minimum Gasteiger partial charge on any atom is -0.373 e. The molecule has 2 fully saturated rings. The zero-order valence-corrected chi connectivity index (χ0v) is 11.5. The molecule has 2 bridgehead atoms. The summed E-state index contributed by atoms with van der Waals surface area (Å²) < 4.78 is 5.86. The van der Waals surface area contributed by atoms with Gasteiger partial charge in [-0.2, -0.15) is 0 Å². The Bertz CT molecular complexity index is 408. The van der Waals surface area contributed by atoms with Gasteiger partial charge in [0.05, 0.1) is 12.2 Å². The fourth-order valence-corrected chi connectivity index (χ4v) is 2.97. The smallest absolute Gasteiger partial charge is 0.191 e. The van der Waals surface area contributed by atoms with E-state index < -0.39 is 0 Å². The minimum atomic E-state index is 0.384. The molecule has 3 rings (SSSR count). The first-order chi connectivity index (χ1) is 8.78. The third-order valence-corrected chi connectivity index (χ3v) is 4.05. The number of nitrogens with one attached hydrogen (secondary N) is 1. The number of nitrogens with zero attached hydrogens (tertiary/aromatic N) is 3. The van der Waals surface area contributed by atoms with Crippen LogP contribution in [0.4, 0.5) is 11.6 Å². The van der Waals surface area contributed by atoms with E-state index in [0.717, 1.165) is 29.9 Å². The molecule has 1 N–H and O–H groups in total. The molecule has 5 nitrogen and oxygen atoms in total. The molecule has 0 radical (unpaired) electrons. The average molecular weight is 266 g/mol. The van der Waals surface area contributed by atoms with E-state index in [-0.39, 0.29) is 0 Å². The summed E-state index contributed by atoms with van der Waals surface area (Å²) in [6, 6.07) is 2.02. The van der Waals surface area contributed by atoms with Crippen LogP contribution in [0.15, 0.2) is 11.2 Å². The average Bonchev–Trinajstić information content (AvgIpc) is 2.76. The van der Waals surface area contributed by atoms with Crippen LogP contribution in [0.3, 0.4) is 0 Å². The van der Waals surface area contributed by atoms with Crippen LogP contribution in [0.25, 0.3) is 0 Å². The first kappa shape index (κ1) is 12.0. The molecular formula is C12H18N4OS. The molecule has 1 aromatic heterocycles. The Kier molecular flexibility index (Phi) is 3.30. The van der Waals surface area contributed by atoms with Crippen molar-refractivity contribution in [3.63, 3.8) is 0 Å². The molecule has 3 heterocycles. The number of fused-ring (bicyclic) bond motifs is 2. The van der Waals surface area contributed by atoms with Gasteiger partial charge in [-0.15, -0.1) is 0 Å². The molecule has 6 heteroatoms. The third-order valence-electron chi connectivity index (χ3n) is 3.50. The molecule has 0 spiro atoms. The predicted octanol–water partition coefficient (Wildman–Crippen LogP) is 1.61. The lowest BCUT2D eigenvalue weighted by Gasteiger charge is -2.33. The van der Waals surface area contributed by atoms with Crippen LogP contribution in [0.1, 0.15) is 12.8 Å². The maximum Gasteiger partial charge on any atom is 0.191 e. The number of aromatic nitrogens is 2. The first-order valence-electron chi connectivity index (χ1n) is 6.29. The zero-order chi connectivity index (χ0) is 12.5. The molecule has 2 aliphatic heterocycles. The third kappa shape index (κ3) is 2.27. The monoisotopic (exact) mass is 266 g/mol. The number of thioether (sulfide) groups is 1. The topological polar surface area (TPSA) is 50.3 Å². The van der Waals surface area contributed by atoms with E-state index in [2.05, 4.69) is 20.2 Å². The van der Waals surface area contributed by atoms with Gasteiger partial charge in [-0.05, 0) is 19.1 Å². The number of anilines is 2. The molecule has 2 unspecified atom stereocenters. The van der Waals surface area contributed by atoms with Crippen molar-refractivity contribution in [3.05, 3.63) is 6.07 Å². The highest BCUT2D eigenvalue weighted by Gasteiger charge is 2.34. The van der Waals surface area contributed by atoms with Crippen LogP contribution in [0.2, 0.25) is 0 Å². The van der Waals surface area contributed by atoms with Gasteiger partial charge in [-0.3, -0.25) is 0 Å². The highest BCUT2D eigenvalue weighted by molar-refractivity contribution is 7.98. The summed E-state index contributed by atoms with van der Waals surface area (Å²) in [5, 5.41) is 3.91. The summed E-state index contributed by atoms with van der Waals surface area (Å²) >= 11 is 1.57. The Morgan fingerprint density at radius 3 is 2.67 bits per heavy atom. The summed E-state index contributed by atoms with van der Waals surface area (Å²) in [6.07, 6.45) is 5.13. The summed E-state index contributed by atoms with van der Waals surface area (Å²) in [7, 11) is 1.89. The summed E-state index contributed by atoms with van der Waals surface area (Å²) in [4.78, 5) is 11.3. The SMILES string of the molecule is CNc1cc(N2CC3CCC(C2)O3)nc(SC)n1. The van der Waals surface area contributed by atoms with E-state index in [1.807, 2.05) is 19.4 Å². The van der Waals surface area contributed by atoms with E-state index in [1.165, 1.54) is 12.8 Å². The molecular weight excluding hydrogens is 248 g/mol. The Labute approximate surface area is 111 Å². The first-order valence-corrected chi connectivity index (χ1v) is 7.52. The van der Waals surface area contributed by atoms with E-state index >= 15 is 0 Å². The molecule has 2 aliphatic rings. The van der Waals surface area contributed by atoms with Crippen LogP contribution in [0, 0.1) is 0 Å². The minimum absolute atomic E-state index is 0.384. The van der Waals surface area contributed by atoms with Crippen LogP contribution >= 0.6 is 11.8 Å². The van der Waals surface area contributed by atoms with Crippen LogP contribution in [-0.4, -0.2) is 48.6 Å². The summed E-state index contributed by atoms with van der Waals surface area (Å²) in [5.41, 5.74) is 0. The number of hydrogen-bond donors (Lipinski definition) is 1. The van der Waals surface area contributed by atoms with Crippen LogP contribution < -0.4 is 10.2 Å². The van der Waals surface area contributed by atoms with Gasteiger partial charge in [0.1, 0.15) is 11.6 Å². The van der Waals surface area contributed by atoms with Crippen molar-refractivity contribution in [2.45, 2.75) is 30.2 Å². The second-order valence-electron chi connectivity index (χ2n) is 4.71. The van der Waals surface area contributed by atoms with Crippen molar-refractivity contribution in [2.24, 2.45) is 0 Å². The highest BCUT2D eigenvalue weighted by Crippen LogP contribution is 2.30. The standard InChI is InChI=1S/C12H18N4OS/c1-13-10-5-11(15-12(14-10)18-2)16-6-8-3-4-9(7-16)17-8/h5,8-9H,3-4,6-7H2,1-2H3,(H,13,14,15). The molecule has 0 amide bonds. The molecule has 18 heavy (non-hydrogen) atoms. The van der Waals surface area contributed by atoms with Crippen molar-refractivity contribution in [3.8, 4) is 0 Å². The van der Waals surface area contributed by atoms with Gasteiger partial charge >= 0.3 is 0 Å². The van der Waals surface area contributed by atoms with Crippen molar-refractivity contribution >= 4 is 23.4 Å². The van der Waals surface area contributed by atoms with E-state index in [1.54, 1.807) is 11.8 Å². The predicted molar refractivity (Wildman–Crippen MR) is 73.5 cm³/mol. The Balaban J connectivity index is 1.86. The van der Waals surface area contributed by atoms with E-state index in [0.29, 0.717) is 12.2 Å². The van der Waals surface area contributed by atoms with Crippen molar-refractivity contribution in [1.29, 1.82) is 0 Å². The Morgan fingerprint density at radius 2 is 2.06 bits per heavy atom. The van der Waals surface area contributed by atoms with Gasteiger partial charge in [0, 0.05) is 26.2 Å². The largest absolute Gasteiger partial charge is 0.373 e. The van der Waals surface area contributed by atoms with Gasteiger partial charge in [-0.25, -0.2) is 9.97 Å². The fraction of sp³-hybridized carbons (Fsp3) is 0.667. The number of hydrogen-bond acceptors (Lipinski definition) is 6. The van der Waals surface area contributed by atoms with Crippen molar-refractivity contribution < 1.29 is 4.74 Å². The summed E-state index contributed by atoms with van der Waals surface area (Å²) in [5.74, 6) is 1.89. The van der Waals surface area contributed by atoms with Crippen LogP contribution in [0.5, 0.6) is 0 Å². The lowest BCUT2D eigenvalue weighted by Crippen LogP contribution is -2.43. The molecule has 2 atom stereocenters. The Hall–Kier alpha value is -1.01. The number of morpholine rings is 1. The molecule has 0 saturated carbocycles. The quantitative estimate of drug-likeness (QED) is 0.662. The lowest BCUT2D eigenvalue weighted by atomic mass is 10.2. The second kappa shape index (κ2) is 4.93. The van der Waals surface area contributed by atoms with E-state index in [9.17, 15) is 0 Å². The van der Waals surface area contributed by atoms with Gasteiger partial charge in [0.2, 0.25) is 0 Å². The van der Waals surface area contributed by atoms with Gasteiger partial charge in [0.25, 0.3) is 0 Å². The van der Waals surface area contributed by atoms with Gasteiger partial charge in [-0.1, -0.05) is 11.8 Å². The Morgan fingerprint density at radius 1 is 1.33 bits per heavy atom. The fourth-order valence-electron chi connectivity index (χ4n) is 2.60. The molecule has 0 aromatic carbocycles. The maximum atomic E-state index is 5.86. The van der Waals surface area contributed by atoms with Gasteiger partial charge < -0.3 is 15.0 Å². The maximum absolute atomic E-state index is 5.86. The van der Waals surface area contributed by atoms with Crippen molar-refractivity contribution in [1.82, 2.24) is 9.97 Å². The number of rotatable bonds is 3. The van der Waals surface area contributed by atoms with E-state index in [4.69, 9.17) is 4.74 Å². The summed E-state index contributed by atoms with van der Waals surface area (Å²) in [6.45, 7) is 1.90. The zero-order valence-electron chi connectivity index (χ0n) is 10.7. The molecule has 98 valence electrons. The second-order valence-corrected chi connectivity index (χ2v) is 5.48. The molecule has 2 saturated heterocycles. The van der Waals surface area contributed by atoms with Crippen LogP contribution in [-0.2, 0) is 4.74 Å². The lowest BCUT2D eigenvalue weighted by molar-refractivity contribution is 0.0302. The number of ether oxygens (including phenoxy) is 1. The molecule has 0 aliphatic carbocycles. The normalized spacial score (nSPS) is 26.4.